The van der Waals surface area contributed by atoms with Crippen molar-refractivity contribution in [2.75, 3.05) is 0 Å². The number of epoxide rings is 1. The highest BCUT2D eigenvalue weighted by molar-refractivity contribution is 5.92. The lowest BCUT2D eigenvalue weighted by atomic mass is 10.1. The fourth-order valence-corrected chi connectivity index (χ4v) is 3.30. The van der Waals surface area contributed by atoms with Gasteiger partial charge in [0, 0.05) is 18.1 Å². The minimum Gasteiger partial charge on any atom is -0.503 e. The molecule has 3 heterocycles. The maximum atomic E-state index is 12.6. The molecule has 2 aromatic heterocycles. The van der Waals surface area contributed by atoms with Crippen molar-refractivity contribution in [3.63, 3.8) is 0 Å². The number of para-hydroxylation sites is 1. The molecule has 1 saturated heterocycles. The number of aliphatic hydroxyl groups is 1. The summed E-state index contributed by atoms with van der Waals surface area (Å²) in [6, 6.07) is 7.50. The summed E-state index contributed by atoms with van der Waals surface area (Å²) in [7, 11) is 0. The largest absolute Gasteiger partial charge is 0.503 e. The predicted molar refractivity (Wildman–Crippen MR) is 107 cm³/mol. The molecule has 1 fully saturated rings. The Balaban J connectivity index is 1.62. The fraction of sp³-hybridized carbons (Fsp3) is 0.381. The smallest absolute Gasteiger partial charge is 0.419 e. The van der Waals surface area contributed by atoms with E-state index < -0.39 is 35.3 Å². The van der Waals surface area contributed by atoms with Gasteiger partial charge in [-0.05, 0) is 38.8 Å². The van der Waals surface area contributed by atoms with Gasteiger partial charge in [-0.3, -0.25) is 14.0 Å². The van der Waals surface area contributed by atoms with E-state index in [9.17, 15) is 19.8 Å². The van der Waals surface area contributed by atoms with Crippen LogP contribution in [0.2, 0.25) is 0 Å². The molecule has 1 aliphatic heterocycles. The number of nitrogens with zero attached hydrogens (tertiary/aromatic N) is 3. The number of aryl methyl sites for hydroxylation is 2. The summed E-state index contributed by atoms with van der Waals surface area (Å²) in [5.41, 5.74) is 0.313. The Morgan fingerprint density at radius 2 is 1.97 bits per heavy atom. The van der Waals surface area contributed by atoms with E-state index in [0.717, 1.165) is 16.5 Å². The van der Waals surface area contributed by atoms with E-state index in [1.165, 1.54) is 15.4 Å². The standard InChI is InChI=1S/C21H23N3O6/c1-21(2,3)30-20(28)24-10-12(13-6-4-5-7-14(13)24)8-9-23-11-15(25)17(26)16(22-23)18-19(27)29-18/h4-7,10-11,18-19,25,27H,8-9H2,1-3H3. The van der Waals surface area contributed by atoms with Gasteiger partial charge in [-0.25, -0.2) is 4.79 Å². The maximum Gasteiger partial charge on any atom is 0.419 e. The van der Waals surface area contributed by atoms with Gasteiger partial charge in [-0.15, -0.1) is 0 Å². The van der Waals surface area contributed by atoms with Crippen molar-refractivity contribution in [1.82, 2.24) is 14.3 Å². The first kappa shape index (κ1) is 20.1. The number of carbonyl (C=O) groups excluding carboxylic acids is 1. The third-order valence-electron chi connectivity index (χ3n) is 4.71. The summed E-state index contributed by atoms with van der Waals surface area (Å²) >= 11 is 0. The van der Waals surface area contributed by atoms with Crippen LogP contribution in [0.5, 0.6) is 5.75 Å². The van der Waals surface area contributed by atoms with Crippen molar-refractivity contribution in [2.24, 2.45) is 0 Å². The lowest BCUT2D eigenvalue weighted by molar-refractivity contribution is 0.0544. The topological polar surface area (TPSA) is 119 Å². The van der Waals surface area contributed by atoms with E-state index in [0.29, 0.717) is 13.0 Å². The number of aromatic hydroxyl groups is 1. The van der Waals surface area contributed by atoms with E-state index in [1.807, 2.05) is 45.0 Å². The number of aliphatic hydroxyl groups excluding tert-OH is 1. The molecule has 2 unspecified atom stereocenters. The summed E-state index contributed by atoms with van der Waals surface area (Å²) in [5, 5.41) is 24.4. The van der Waals surface area contributed by atoms with Gasteiger partial charge in [0.15, 0.2) is 18.1 Å². The van der Waals surface area contributed by atoms with Crippen LogP contribution in [0.1, 0.15) is 38.1 Å². The molecule has 0 bridgehead atoms. The second kappa shape index (κ2) is 7.26. The van der Waals surface area contributed by atoms with Gasteiger partial charge in [0.1, 0.15) is 11.3 Å². The number of benzene rings is 1. The molecule has 1 aliphatic rings. The molecule has 3 aromatic rings. The average Bonchev–Trinajstić information content (AvgIpc) is 3.27. The van der Waals surface area contributed by atoms with Crippen LogP contribution < -0.4 is 5.43 Å². The van der Waals surface area contributed by atoms with Gasteiger partial charge < -0.3 is 19.7 Å². The minimum atomic E-state index is -1.08. The Morgan fingerprint density at radius 3 is 2.63 bits per heavy atom. The number of rotatable bonds is 4. The monoisotopic (exact) mass is 413 g/mol. The van der Waals surface area contributed by atoms with Crippen molar-refractivity contribution in [2.45, 2.75) is 51.7 Å². The van der Waals surface area contributed by atoms with Crippen LogP contribution in [0.25, 0.3) is 10.9 Å². The number of carbonyl (C=O) groups is 1. The average molecular weight is 413 g/mol. The second-order valence-electron chi connectivity index (χ2n) is 8.21. The summed E-state index contributed by atoms with van der Waals surface area (Å²) < 4.78 is 13.3. The van der Waals surface area contributed by atoms with Crippen LogP contribution >= 0.6 is 0 Å². The van der Waals surface area contributed by atoms with Crippen molar-refractivity contribution in [3.8, 4) is 5.75 Å². The Morgan fingerprint density at radius 1 is 1.27 bits per heavy atom. The zero-order chi connectivity index (χ0) is 21.6. The molecule has 4 rings (SSSR count). The Labute approximate surface area is 172 Å². The van der Waals surface area contributed by atoms with Crippen LogP contribution in [0, 0.1) is 0 Å². The quantitative estimate of drug-likeness (QED) is 0.630. The molecule has 0 spiro atoms. The molecule has 9 heteroatoms. The molecular formula is C21H23N3O6. The van der Waals surface area contributed by atoms with Gasteiger partial charge >= 0.3 is 6.09 Å². The molecule has 0 radical (unpaired) electrons. The molecule has 30 heavy (non-hydrogen) atoms. The summed E-state index contributed by atoms with van der Waals surface area (Å²) in [4.78, 5) is 24.6. The van der Waals surface area contributed by atoms with Crippen molar-refractivity contribution >= 4 is 17.0 Å². The highest BCUT2D eigenvalue weighted by Gasteiger charge is 2.42. The predicted octanol–water partition coefficient (Wildman–Crippen LogP) is 2.32. The first-order valence-corrected chi connectivity index (χ1v) is 9.60. The van der Waals surface area contributed by atoms with Crippen molar-refractivity contribution in [1.29, 1.82) is 0 Å². The lowest BCUT2D eigenvalue weighted by Gasteiger charge is -2.19. The summed E-state index contributed by atoms with van der Waals surface area (Å²) in [5.74, 6) is -0.459. The van der Waals surface area contributed by atoms with E-state index in [1.54, 1.807) is 6.20 Å². The van der Waals surface area contributed by atoms with Crippen LogP contribution in [0.3, 0.4) is 0 Å². The molecule has 2 N–H and O–H groups in total. The molecule has 0 amide bonds. The molecule has 0 saturated carbocycles. The molecule has 0 aliphatic carbocycles. The van der Waals surface area contributed by atoms with Gasteiger partial charge in [-0.2, -0.15) is 5.10 Å². The van der Waals surface area contributed by atoms with Crippen LogP contribution in [-0.4, -0.2) is 42.5 Å². The van der Waals surface area contributed by atoms with E-state index >= 15 is 0 Å². The van der Waals surface area contributed by atoms with E-state index in [4.69, 9.17) is 9.47 Å². The van der Waals surface area contributed by atoms with Gasteiger partial charge in [0.25, 0.3) is 0 Å². The number of hydrogen-bond donors (Lipinski definition) is 2. The van der Waals surface area contributed by atoms with Crippen molar-refractivity contribution < 1.29 is 24.5 Å². The zero-order valence-electron chi connectivity index (χ0n) is 16.9. The number of hydrogen-bond acceptors (Lipinski definition) is 7. The van der Waals surface area contributed by atoms with E-state index in [-0.39, 0.29) is 5.69 Å². The second-order valence-corrected chi connectivity index (χ2v) is 8.21. The number of aromatic nitrogens is 3. The molecule has 2 atom stereocenters. The fourth-order valence-electron chi connectivity index (χ4n) is 3.30. The van der Waals surface area contributed by atoms with E-state index in [2.05, 4.69) is 5.10 Å². The number of fused-ring (bicyclic) bond motifs is 1. The molecule has 158 valence electrons. The first-order chi connectivity index (χ1) is 14.1. The maximum absolute atomic E-state index is 12.6. The van der Waals surface area contributed by atoms with Crippen LogP contribution in [0.15, 0.2) is 41.5 Å². The van der Waals surface area contributed by atoms with Gasteiger partial charge in [0.2, 0.25) is 5.43 Å². The Kier molecular flexibility index (Phi) is 4.87. The van der Waals surface area contributed by atoms with Crippen LogP contribution in [-0.2, 0) is 22.4 Å². The highest BCUT2D eigenvalue weighted by atomic mass is 16.7. The highest BCUT2D eigenvalue weighted by Crippen LogP contribution is 2.34. The number of ether oxygens (including phenoxy) is 2. The third kappa shape index (κ3) is 3.94. The first-order valence-electron chi connectivity index (χ1n) is 9.60. The molecular weight excluding hydrogens is 390 g/mol. The SMILES string of the molecule is CC(C)(C)OC(=O)n1cc(CCn2cc(O)c(=O)c(C3OC3O)n2)c2ccccc21. The minimum absolute atomic E-state index is 0.0290. The van der Waals surface area contributed by atoms with Gasteiger partial charge in [0.05, 0.1) is 11.7 Å². The summed E-state index contributed by atoms with van der Waals surface area (Å²) in [6.45, 7) is 5.77. The van der Waals surface area contributed by atoms with Crippen molar-refractivity contribution in [3.05, 3.63) is 58.1 Å². The lowest BCUT2D eigenvalue weighted by Crippen LogP contribution is -2.26. The third-order valence-corrected chi connectivity index (χ3v) is 4.71. The van der Waals surface area contributed by atoms with Gasteiger partial charge in [-0.1, -0.05) is 18.2 Å². The summed E-state index contributed by atoms with van der Waals surface area (Å²) in [6.07, 6.45) is 1.10. The Bertz CT molecular complexity index is 1170. The molecule has 9 nitrogen and oxygen atoms in total. The molecule has 1 aromatic carbocycles. The van der Waals surface area contributed by atoms with Crippen LogP contribution in [0.4, 0.5) is 4.79 Å². The normalized spacial score (nSPS) is 18.5. The zero-order valence-corrected chi connectivity index (χ0v) is 16.9. The Hall–Kier alpha value is -3.17.